The van der Waals surface area contributed by atoms with E-state index in [0.717, 1.165) is 19.8 Å². The third kappa shape index (κ3) is 7.19. The number of primary amides is 1. The third-order valence-electron chi connectivity index (χ3n) is 3.25. The van der Waals surface area contributed by atoms with Crippen LogP contribution in [0.4, 0.5) is 4.79 Å². The highest BCUT2D eigenvalue weighted by Gasteiger charge is 2.15. The Balaban J connectivity index is 2.17. The second-order valence-corrected chi connectivity index (χ2v) is 10.1. The summed E-state index contributed by atoms with van der Waals surface area (Å²) in [5.41, 5.74) is 5.75. The molecule has 0 saturated heterocycles. The molecule has 0 aliphatic carbocycles. The number of nitrogens with two attached hydrogens (primary N) is 1. The number of carbonyl (C=O) groups excluding carboxylic acids is 1. The Labute approximate surface area is 216 Å². The first-order chi connectivity index (χ1) is 13.2. The van der Waals surface area contributed by atoms with Crippen LogP contribution in [-0.2, 0) is 11.2 Å². The summed E-state index contributed by atoms with van der Waals surface area (Å²) in [7, 11) is 0. The smallest absolute Gasteiger partial charge is 0.312 e. The molecule has 0 aliphatic heterocycles. The fourth-order valence-electron chi connectivity index (χ4n) is 2.17. The molecule has 2 amide bonds. The number of carboxylic acids is 1. The number of urea groups is 1. The molecule has 4 N–H and O–H groups in total. The van der Waals surface area contributed by atoms with E-state index in [9.17, 15) is 9.59 Å². The second kappa shape index (κ2) is 11.2. The maximum absolute atomic E-state index is 10.9. The summed E-state index contributed by atoms with van der Waals surface area (Å²) in [4.78, 5) is 21.6. The number of carboxylic acid groups (broad SMARTS) is 1. The first-order valence-corrected chi connectivity index (χ1v) is 12.0. The quantitative estimate of drug-likeness (QED) is 0.267. The van der Waals surface area contributed by atoms with Gasteiger partial charge in [-0.05, 0) is 120 Å². The molecular formula is C17H14I4N2O5. The predicted molar refractivity (Wildman–Crippen MR) is 138 cm³/mol. The third-order valence-corrected chi connectivity index (χ3v) is 6.46. The van der Waals surface area contributed by atoms with Crippen LogP contribution < -0.4 is 20.5 Å². The van der Waals surface area contributed by atoms with E-state index in [0.29, 0.717) is 30.4 Å². The van der Waals surface area contributed by atoms with E-state index in [-0.39, 0.29) is 6.42 Å². The van der Waals surface area contributed by atoms with Gasteiger partial charge >= 0.3 is 12.0 Å². The Bertz CT molecular complexity index is 861. The molecule has 28 heavy (non-hydrogen) atoms. The minimum atomic E-state index is -0.869. The van der Waals surface area contributed by atoms with Crippen molar-refractivity contribution in [3.05, 3.63) is 44.1 Å². The predicted octanol–water partition coefficient (Wildman–Crippen LogP) is 4.57. The summed E-state index contributed by atoms with van der Waals surface area (Å²) in [6.07, 6.45) is -0.0290. The number of benzene rings is 2. The van der Waals surface area contributed by atoms with Crippen LogP contribution in [0.25, 0.3) is 0 Å². The van der Waals surface area contributed by atoms with Gasteiger partial charge in [0.25, 0.3) is 0 Å². The van der Waals surface area contributed by atoms with Gasteiger partial charge in [-0.3, -0.25) is 4.79 Å². The number of hydrogen-bond donors (Lipinski definition) is 3. The molecule has 0 radical (unpaired) electrons. The molecule has 0 fully saturated rings. The summed E-state index contributed by atoms with van der Waals surface area (Å²) >= 11 is 8.61. The SMILES string of the molecule is NC(=O)NCCOc1c(I)cc(Oc2c(I)cc(CC(=O)O)cc2I)cc1I. The van der Waals surface area contributed by atoms with Crippen LogP contribution in [0.2, 0.25) is 0 Å². The summed E-state index contributed by atoms with van der Waals surface area (Å²) < 4.78 is 15.2. The molecular weight excluding hydrogens is 820 g/mol. The van der Waals surface area contributed by atoms with E-state index in [2.05, 4.69) is 95.7 Å². The van der Waals surface area contributed by atoms with Crippen LogP contribution in [0.15, 0.2) is 24.3 Å². The molecule has 0 aromatic heterocycles. The van der Waals surface area contributed by atoms with Crippen molar-refractivity contribution in [1.29, 1.82) is 0 Å². The van der Waals surface area contributed by atoms with E-state index in [1.165, 1.54) is 0 Å². The molecule has 2 rings (SSSR count). The Morgan fingerprint density at radius 2 is 1.50 bits per heavy atom. The van der Waals surface area contributed by atoms with Gasteiger partial charge < -0.3 is 25.6 Å². The van der Waals surface area contributed by atoms with Gasteiger partial charge in [0.15, 0.2) is 5.75 Å². The van der Waals surface area contributed by atoms with Crippen molar-refractivity contribution in [2.24, 2.45) is 5.73 Å². The zero-order valence-electron chi connectivity index (χ0n) is 14.1. The zero-order chi connectivity index (χ0) is 20.8. The summed E-state index contributed by atoms with van der Waals surface area (Å²) in [5.74, 6) is 1.17. The van der Waals surface area contributed by atoms with Crippen molar-refractivity contribution in [2.75, 3.05) is 13.2 Å². The fourth-order valence-corrected chi connectivity index (χ4v) is 6.30. The number of halogens is 4. The molecule has 0 bridgehead atoms. The van der Waals surface area contributed by atoms with Gasteiger partial charge in [0.1, 0.15) is 18.1 Å². The summed E-state index contributed by atoms with van der Waals surface area (Å²) in [5, 5.41) is 11.4. The van der Waals surface area contributed by atoms with E-state index >= 15 is 0 Å². The van der Waals surface area contributed by atoms with Crippen molar-refractivity contribution < 1.29 is 24.2 Å². The summed E-state index contributed by atoms with van der Waals surface area (Å²) in [6, 6.07) is 6.75. The van der Waals surface area contributed by atoms with Crippen molar-refractivity contribution in [2.45, 2.75) is 6.42 Å². The van der Waals surface area contributed by atoms with Crippen molar-refractivity contribution >= 4 is 102 Å². The Morgan fingerprint density at radius 3 is 2.00 bits per heavy atom. The van der Waals surface area contributed by atoms with Gasteiger partial charge in [-0.1, -0.05) is 0 Å². The highest BCUT2D eigenvalue weighted by molar-refractivity contribution is 14.1. The Morgan fingerprint density at radius 1 is 0.964 bits per heavy atom. The van der Waals surface area contributed by atoms with Gasteiger partial charge in [-0.25, -0.2) is 4.79 Å². The lowest BCUT2D eigenvalue weighted by molar-refractivity contribution is -0.136. The molecule has 2 aromatic carbocycles. The molecule has 11 heteroatoms. The molecule has 7 nitrogen and oxygen atoms in total. The van der Waals surface area contributed by atoms with Crippen LogP contribution in [0.1, 0.15) is 5.56 Å². The molecule has 0 unspecified atom stereocenters. The average Bonchev–Trinajstić information content (AvgIpc) is 2.56. The van der Waals surface area contributed by atoms with E-state index in [1.54, 1.807) is 0 Å². The monoisotopic (exact) mass is 834 g/mol. The normalized spacial score (nSPS) is 10.4. The number of amides is 2. The van der Waals surface area contributed by atoms with E-state index < -0.39 is 12.0 Å². The molecule has 150 valence electrons. The maximum Gasteiger partial charge on any atom is 0.312 e. The maximum atomic E-state index is 10.9. The number of carbonyl (C=O) groups is 2. The van der Waals surface area contributed by atoms with Gasteiger partial charge in [0.2, 0.25) is 0 Å². The lowest BCUT2D eigenvalue weighted by atomic mass is 10.1. The molecule has 0 spiro atoms. The molecule has 0 aliphatic rings. The van der Waals surface area contributed by atoms with Crippen molar-refractivity contribution in [3.63, 3.8) is 0 Å². The number of rotatable bonds is 8. The highest BCUT2D eigenvalue weighted by Crippen LogP contribution is 2.37. The molecule has 2 aromatic rings. The van der Waals surface area contributed by atoms with Crippen molar-refractivity contribution in [1.82, 2.24) is 5.32 Å². The highest BCUT2D eigenvalue weighted by atomic mass is 127. The van der Waals surface area contributed by atoms with Crippen LogP contribution in [0.3, 0.4) is 0 Å². The first kappa shape index (κ1) is 24.0. The summed E-state index contributed by atoms with van der Waals surface area (Å²) in [6.45, 7) is 0.620. The number of aliphatic carboxylic acids is 1. The minimum Gasteiger partial charge on any atom is -0.490 e. The number of nitrogens with one attached hydrogen (secondary N) is 1. The Hall–Kier alpha value is -0.300. The second-order valence-electron chi connectivity index (χ2n) is 5.42. The Kier molecular flexibility index (Phi) is 9.58. The van der Waals surface area contributed by atoms with Crippen LogP contribution in [-0.4, -0.2) is 30.3 Å². The van der Waals surface area contributed by atoms with Crippen LogP contribution in [0, 0.1) is 14.3 Å². The van der Waals surface area contributed by atoms with Crippen LogP contribution in [0.5, 0.6) is 17.2 Å². The largest absolute Gasteiger partial charge is 0.490 e. The number of ether oxygens (including phenoxy) is 2. The minimum absolute atomic E-state index is 0.0290. The molecule has 0 saturated carbocycles. The lowest BCUT2D eigenvalue weighted by Gasteiger charge is -2.15. The molecule has 0 atom stereocenters. The van der Waals surface area contributed by atoms with Gasteiger partial charge in [0, 0.05) is 0 Å². The zero-order valence-corrected chi connectivity index (χ0v) is 22.7. The standard InChI is InChI=1S/C17H14I4N2O5/c18-10-3-8(5-14(24)25)4-11(19)16(10)28-9-6-12(20)15(13(21)7-9)27-2-1-23-17(22)26/h3-4,6-7H,1-2,5H2,(H,24,25)(H3,22,23,26). The van der Waals surface area contributed by atoms with Gasteiger partial charge in [-0.15, -0.1) is 0 Å². The van der Waals surface area contributed by atoms with Gasteiger partial charge in [0.05, 0.1) is 27.2 Å². The number of hydrogen-bond acceptors (Lipinski definition) is 4. The first-order valence-electron chi connectivity index (χ1n) is 7.70. The molecule has 0 heterocycles. The lowest BCUT2D eigenvalue weighted by Crippen LogP contribution is -2.32. The van der Waals surface area contributed by atoms with Crippen LogP contribution >= 0.6 is 90.4 Å². The van der Waals surface area contributed by atoms with E-state index in [1.807, 2.05) is 24.3 Å². The average molecular weight is 834 g/mol. The van der Waals surface area contributed by atoms with Crippen molar-refractivity contribution in [3.8, 4) is 17.2 Å². The topological polar surface area (TPSA) is 111 Å². The van der Waals surface area contributed by atoms with Gasteiger partial charge in [-0.2, -0.15) is 0 Å². The fraction of sp³-hybridized carbons (Fsp3) is 0.176. The van der Waals surface area contributed by atoms with E-state index in [4.69, 9.17) is 20.3 Å².